The molecular weight excluding hydrogens is 272 g/mol. The highest BCUT2D eigenvalue weighted by Crippen LogP contribution is 2.15. The van der Waals surface area contributed by atoms with Gasteiger partial charge >= 0.3 is 5.97 Å². The molecule has 1 heterocycles. The molecule has 1 rings (SSSR count). The minimum absolute atomic E-state index is 0.328. The molecule has 86 valence electrons. The lowest BCUT2D eigenvalue weighted by molar-refractivity contribution is -0.137. The summed E-state index contributed by atoms with van der Waals surface area (Å²) in [4.78, 5) is 11.1. The number of carbonyl (C=O) groups excluding carboxylic acids is 1. The molecule has 0 aliphatic rings. The van der Waals surface area contributed by atoms with Crippen LogP contribution in [-0.2, 0) is 9.53 Å². The minimum Gasteiger partial charge on any atom is -0.463 e. The van der Waals surface area contributed by atoms with Crippen molar-refractivity contribution in [3.05, 3.63) is 40.3 Å². The van der Waals surface area contributed by atoms with E-state index >= 15 is 0 Å². The molecule has 0 atom stereocenters. The van der Waals surface area contributed by atoms with E-state index in [-0.39, 0.29) is 5.97 Å². The van der Waals surface area contributed by atoms with Crippen LogP contribution in [-0.4, -0.2) is 12.6 Å². The fourth-order valence-electron chi connectivity index (χ4n) is 1.05. The standard InChI is InChI=1S/C12H13BrO3/c1-3-15-12(14)8-9(2)4-5-10-6-7-11(13)16-10/h4-8H,3H2,1-2H3/b5-4+,9-8-. The van der Waals surface area contributed by atoms with Crippen molar-refractivity contribution >= 4 is 28.0 Å². The van der Waals surface area contributed by atoms with Crippen molar-refractivity contribution in [1.29, 1.82) is 0 Å². The molecule has 0 saturated carbocycles. The van der Waals surface area contributed by atoms with Gasteiger partial charge in [0, 0.05) is 6.08 Å². The zero-order valence-electron chi connectivity index (χ0n) is 9.20. The van der Waals surface area contributed by atoms with Crippen molar-refractivity contribution in [2.24, 2.45) is 0 Å². The Morgan fingerprint density at radius 2 is 2.31 bits per heavy atom. The van der Waals surface area contributed by atoms with Crippen molar-refractivity contribution in [2.75, 3.05) is 6.61 Å². The number of rotatable bonds is 4. The number of allylic oxidation sites excluding steroid dienone is 2. The van der Waals surface area contributed by atoms with E-state index in [1.54, 1.807) is 19.1 Å². The molecule has 0 bridgehead atoms. The molecule has 0 aromatic carbocycles. The van der Waals surface area contributed by atoms with E-state index in [9.17, 15) is 4.79 Å². The van der Waals surface area contributed by atoms with E-state index in [4.69, 9.17) is 9.15 Å². The molecule has 16 heavy (non-hydrogen) atoms. The Morgan fingerprint density at radius 1 is 1.56 bits per heavy atom. The van der Waals surface area contributed by atoms with Gasteiger partial charge < -0.3 is 9.15 Å². The van der Waals surface area contributed by atoms with Crippen LogP contribution in [0.15, 0.2) is 38.9 Å². The van der Waals surface area contributed by atoms with Gasteiger partial charge in [-0.2, -0.15) is 0 Å². The van der Waals surface area contributed by atoms with Crippen molar-refractivity contribution in [2.45, 2.75) is 13.8 Å². The maximum atomic E-state index is 11.1. The molecular formula is C12H13BrO3. The normalized spacial score (nSPS) is 12.1. The summed E-state index contributed by atoms with van der Waals surface area (Å²) in [5.41, 5.74) is 0.811. The second-order valence-electron chi connectivity index (χ2n) is 3.12. The first kappa shape index (κ1) is 12.8. The fourth-order valence-corrected chi connectivity index (χ4v) is 1.37. The number of ether oxygens (including phenoxy) is 1. The number of hydrogen-bond donors (Lipinski definition) is 0. The molecule has 1 aromatic heterocycles. The van der Waals surface area contributed by atoms with Crippen LogP contribution in [0, 0.1) is 0 Å². The van der Waals surface area contributed by atoms with Crippen LogP contribution in [0.4, 0.5) is 0 Å². The summed E-state index contributed by atoms with van der Waals surface area (Å²) >= 11 is 3.21. The number of hydrogen-bond acceptors (Lipinski definition) is 3. The van der Waals surface area contributed by atoms with Gasteiger partial charge in [-0.05, 0) is 53.6 Å². The second-order valence-corrected chi connectivity index (χ2v) is 3.90. The van der Waals surface area contributed by atoms with Gasteiger partial charge in [-0.3, -0.25) is 0 Å². The van der Waals surface area contributed by atoms with Crippen LogP contribution in [0.1, 0.15) is 19.6 Å². The van der Waals surface area contributed by atoms with Crippen LogP contribution in [0.2, 0.25) is 0 Å². The van der Waals surface area contributed by atoms with Gasteiger partial charge in [0.2, 0.25) is 0 Å². The molecule has 0 aliphatic heterocycles. The van der Waals surface area contributed by atoms with Crippen LogP contribution >= 0.6 is 15.9 Å². The number of halogens is 1. The summed E-state index contributed by atoms with van der Waals surface area (Å²) in [6, 6.07) is 3.64. The topological polar surface area (TPSA) is 39.4 Å². The van der Waals surface area contributed by atoms with Gasteiger partial charge in [0.15, 0.2) is 4.67 Å². The maximum Gasteiger partial charge on any atom is 0.330 e. The van der Waals surface area contributed by atoms with Gasteiger partial charge in [-0.1, -0.05) is 6.08 Å². The average Bonchev–Trinajstić information content (AvgIpc) is 2.61. The van der Waals surface area contributed by atoms with E-state index in [0.717, 1.165) is 11.3 Å². The van der Waals surface area contributed by atoms with Crippen molar-refractivity contribution in [3.8, 4) is 0 Å². The van der Waals surface area contributed by atoms with Gasteiger partial charge in [0.25, 0.3) is 0 Å². The zero-order valence-corrected chi connectivity index (χ0v) is 10.8. The summed E-state index contributed by atoms with van der Waals surface area (Å²) in [6.07, 6.45) is 5.02. The third-order valence-electron chi connectivity index (χ3n) is 1.74. The van der Waals surface area contributed by atoms with Crippen LogP contribution in [0.3, 0.4) is 0 Å². The highest BCUT2D eigenvalue weighted by atomic mass is 79.9. The Bertz CT molecular complexity index is 416. The molecule has 3 nitrogen and oxygen atoms in total. The number of esters is 1. The monoisotopic (exact) mass is 284 g/mol. The van der Waals surface area contributed by atoms with Gasteiger partial charge in [0.05, 0.1) is 6.61 Å². The largest absolute Gasteiger partial charge is 0.463 e. The number of carbonyl (C=O) groups is 1. The zero-order chi connectivity index (χ0) is 12.0. The molecule has 4 heteroatoms. The Labute approximate surface area is 103 Å². The van der Waals surface area contributed by atoms with E-state index in [1.165, 1.54) is 6.08 Å². The molecule has 0 saturated heterocycles. The first-order valence-corrected chi connectivity index (χ1v) is 5.69. The van der Waals surface area contributed by atoms with Crippen molar-refractivity contribution < 1.29 is 13.9 Å². The highest BCUT2D eigenvalue weighted by molar-refractivity contribution is 9.10. The summed E-state index contributed by atoms with van der Waals surface area (Å²) in [5, 5.41) is 0. The molecule has 0 amide bonds. The molecule has 0 radical (unpaired) electrons. The third-order valence-corrected chi connectivity index (χ3v) is 2.16. The lowest BCUT2D eigenvalue weighted by Gasteiger charge is -1.95. The van der Waals surface area contributed by atoms with Crippen LogP contribution < -0.4 is 0 Å². The van der Waals surface area contributed by atoms with E-state index in [2.05, 4.69) is 15.9 Å². The first-order chi connectivity index (χ1) is 7.61. The van der Waals surface area contributed by atoms with E-state index in [0.29, 0.717) is 11.3 Å². The Morgan fingerprint density at radius 3 is 2.88 bits per heavy atom. The molecule has 0 N–H and O–H groups in total. The van der Waals surface area contributed by atoms with Crippen LogP contribution in [0.5, 0.6) is 0 Å². The first-order valence-electron chi connectivity index (χ1n) is 4.90. The van der Waals surface area contributed by atoms with Crippen LogP contribution in [0.25, 0.3) is 6.08 Å². The average molecular weight is 285 g/mol. The molecule has 1 aromatic rings. The van der Waals surface area contributed by atoms with E-state index < -0.39 is 0 Å². The van der Waals surface area contributed by atoms with Gasteiger partial charge in [0.1, 0.15) is 5.76 Å². The summed E-state index contributed by atoms with van der Waals surface area (Å²) in [5.74, 6) is 0.397. The Hall–Kier alpha value is -1.29. The SMILES string of the molecule is CCOC(=O)/C=C(C)\C=C\c1ccc(Br)o1. The van der Waals surface area contributed by atoms with E-state index in [1.807, 2.05) is 19.1 Å². The summed E-state index contributed by atoms with van der Waals surface area (Å²) in [6.45, 7) is 3.99. The molecule has 0 spiro atoms. The third kappa shape index (κ3) is 4.49. The molecule has 0 fully saturated rings. The number of furan rings is 1. The second kappa shape index (κ2) is 6.33. The maximum absolute atomic E-state index is 11.1. The quantitative estimate of drug-likeness (QED) is 0.482. The summed E-state index contributed by atoms with van der Waals surface area (Å²) in [7, 11) is 0. The molecule has 0 unspecified atom stereocenters. The lowest BCUT2D eigenvalue weighted by Crippen LogP contribution is -1.99. The fraction of sp³-hybridized carbons (Fsp3) is 0.250. The van der Waals surface area contributed by atoms with Crippen molar-refractivity contribution in [1.82, 2.24) is 0 Å². The summed E-state index contributed by atoms with van der Waals surface area (Å²) < 4.78 is 10.7. The smallest absolute Gasteiger partial charge is 0.330 e. The molecule has 0 aliphatic carbocycles. The predicted molar refractivity (Wildman–Crippen MR) is 65.8 cm³/mol. The Balaban J connectivity index is 2.60. The minimum atomic E-state index is -0.328. The van der Waals surface area contributed by atoms with Gasteiger partial charge in [-0.15, -0.1) is 0 Å². The van der Waals surface area contributed by atoms with Crippen molar-refractivity contribution in [3.63, 3.8) is 0 Å². The highest BCUT2D eigenvalue weighted by Gasteiger charge is 1.96. The lowest BCUT2D eigenvalue weighted by atomic mass is 10.2. The predicted octanol–water partition coefficient (Wildman–Crippen LogP) is 3.56. The van der Waals surface area contributed by atoms with Gasteiger partial charge in [-0.25, -0.2) is 4.79 Å². The Kier molecular flexibility index (Phi) is 5.05.